The molecule has 0 radical (unpaired) electrons. The molecule has 0 unspecified atom stereocenters. The highest BCUT2D eigenvalue weighted by molar-refractivity contribution is 5.82. The van der Waals surface area contributed by atoms with Gasteiger partial charge >= 0.3 is 0 Å². The number of carbonyl (C=O) groups is 1. The summed E-state index contributed by atoms with van der Waals surface area (Å²) >= 11 is 0. The van der Waals surface area contributed by atoms with Gasteiger partial charge in [0.2, 0.25) is 5.91 Å². The van der Waals surface area contributed by atoms with E-state index in [4.69, 9.17) is 5.73 Å². The van der Waals surface area contributed by atoms with Crippen LogP contribution in [0.15, 0.2) is 30.6 Å². The topological polar surface area (TPSA) is 127 Å². The monoisotopic (exact) mass is 414 g/mol. The number of piperazine rings is 1. The SMILES string of the molecule is CC(=O)N1CCN(c2cc(-c3cc(C#N)c4c(N)ncnn34)ccc2C#N)CC1(C)C. The zero-order valence-electron chi connectivity index (χ0n) is 17.6. The maximum atomic E-state index is 12.0. The Kier molecular flexibility index (Phi) is 4.75. The predicted molar refractivity (Wildman–Crippen MR) is 116 cm³/mol. The Morgan fingerprint density at radius 2 is 1.90 bits per heavy atom. The lowest BCUT2D eigenvalue weighted by molar-refractivity contribution is -0.134. The van der Waals surface area contributed by atoms with Gasteiger partial charge in [-0.1, -0.05) is 6.07 Å². The molecule has 9 heteroatoms. The highest BCUT2D eigenvalue weighted by Gasteiger charge is 2.36. The first-order chi connectivity index (χ1) is 14.8. The average molecular weight is 414 g/mol. The summed E-state index contributed by atoms with van der Waals surface area (Å²) in [5.41, 5.74) is 9.27. The fourth-order valence-corrected chi connectivity index (χ4v) is 4.35. The van der Waals surface area contributed by atoms with Crippen LogP contribution in [-0.4, -0.2) is 50.6 Å². The molecule has 0 atom stereocenters. The van der Waals surface area contributed by atoms with Crippen molar-refractivity contribution in [2.75, 3.05) is 30.3 Å². The molecule has 0 saturated carbocycles. The number of hydrogen-bond donors (Lipinski definition) is 1. The molecule has 1 amide bonds. The van der Waals surface area contributed by atoms with Crippen LogP contribution in [0.5, 0.6) is 0 Å². The van der Waals surface area contributed by atoms with Crippen molar-refractivity contribution >= 4 is 22.9 Å². The zero-order chi connectivity index (χ0) is 22.3. The second-order valence-corrected chi connectivity index (χ2v) is 8.21. The van der Waals surface area contributed by atoms with E-state index < -0.39 is 0 Å². The third-order valence-corrected chi connectivity index (χ3v) is 5.74. The molecule has 1 aliphatic heterocycles. The molecule has 3 heterocycles. The zero-order valence-corrected chi connectivity index (χ0v) is 17.6. The standard InChI is InChI=1S/C22H22N8O/c1-14(31)29-7-6-28(12-22(29,2)3)18-8-15(4-5-16(18)10-23)19-9-17(11-24)20-21(25)26-13-27-30(19)20/h4-5,8-9,13H,6-7,12H2,1-3H3,(H2,25,26,27). The molecule has 9 nitrogen and oxygen atoms in total. The van der Waals surface area contributed by atoms with Crippen molar-refractivity contribution < 1.29 is 4.79 Å². The van der Waals surface area contributed by atoms with Gasteiger partial charge < -0.3 is 15.5 Å². The van der Waals surface area contributed by atoms with E-state index in [-0.39, 0.29) is 17.3 Å². The third kappa shape index (κ3) is 3.30. The van der Waals surface area contributed by atoms with Crippen molar-refractivity contribution in [3.63, 3.8) is 0 Å². The van der Waals surface area contributed by atoms with Crippen LogP contribution < -0.4 is 10.6 Å². The number of amides is 1. The fraction of sp³-hybridized carbons (Fsp3) is 0.318. The molecule has 156 valence electrons. The normalized spacial score (nSPS) is 15.5. The minimum absolute atomic E-state index is 0.0415. The van der Waals surface area contributed by atoms with E-state index in [0.29, 0.717) is 42.0 Å². The Balaban J connectivity index is 1.81. The van der Waals surface area contributed by atoms with Gasteiger partial charge in [-0.15, -0.1) is 0 Å². The second kappa shape index (κ2) is 7.29. The van der Waals surface area contributed by atoms with Crippen LogP contribution in [0.1, 0.15) is 31.9 Å². The van der Waals surface area contributed by atoms with Crippen LogP contribution in [0.25, 0.3) is 16.8 Å². The van der Waals surface area contributed by atoms with Crippen LogP contribution in [0.4, 0.5) is 11.5 Å². The van der Waals surface area contributed by atoms with Gasteiger partial charge in [0.25, 0.3) is 0 Å². The van der Waals surface area contributed by atoms with Gasteiger partial charge in [-0.2, -0.15) is 15.6 Å². The molecular weight excluding hydrogens is 392 g/mol. The van der Waals surface area contributed by atoms with Gasteiger partial charge in [-0.25, -0.2) is 9.50 Å². The van der Waals surface area contributed by atoms with Crippen LogP contribution in [0, 0.1) is 22.7 Å². The first kappa shape index (κ1) is 20.2. The maximum Gasteiger partial charge on any atom is 0.220 e. The highest BCUT2D eigenvalue weighted by atomic mass is 16.2. The van der Waals surface area contributed by atoms with Crippen molar-refractivity contribution in [3.05, 3.63) is 41.7 Å². The Bertz CT molecular complexity index is 1280. The summed E-state index contributed by atoms with van der Waals surface area (Å²) in [5.74, 6) is 0.272. The lowest BCUT2D eigenvalue weighted by Gasteiger charge is -2.47. The van der Waals surface area contributed by atoms with Crippen LogP contribution in [-0.2, 0) is 4.79 Å². The van der Waals surface area contributed by atoms with Crippen molar-refractivity contribution in [1.82, 2.24) is 19.5 Å². The number of benzene rings is 1. The molecular formula is C22H22N8O. The van der Waals surface area contributed by atoms with Crippen LogP contribution in [0.2, 0.25) is 0 Å². The van der Waals surface area contributed by atoms with E-state index in [1.807, 2.05) is 30.9 Å². The lowest BCUT2D eigenvalue weighted by Crippen LogP contribution is -2.60. The van der Waals surface area contributed by atoms with E-state index in [1.165, 1.54) is 6.33 Å². The van der Waals surface area contributed by atoms with Crippen molar-refractivity contribution in [2.24, 2.45) is 0 Å². The van der Waals surface area contributed by atoms with Crippen LogP contribution in [0.3, 0.4) is 0 Å². The number of nitrogens with two attached hydrogens (primary N) is 1. The molecule has 31 heavy (non-hydrogen) atoms. The molecule has 2 N–H and O–H groups in total. The largest absolute Gasteiger partial charge is 0.382 e. The number of nitrogens with zero attached hydrogens (tertiary/aromatic N) is 7. The van der Waals surface area contributed by atoms with E-state index in [9.17, 15) is 15.3 Å². The molecule has 0 aliphatic carbocycles. The maximum absolute atomic E-state index is 12.0. The van der Waals surface area contributed by atoms with Gasteiger partial charge in [0.15, 0.2) is 5.82 Å². The minimum Gasteiger partial charge on any atom is -0.382 e. The van der Waals surface area contributed by atoms with Crippen molar-refractivity contribution in [1.29, 1.82) is 10.5 Å². The number of fused-ring (bicyclic) bond motifs is 1. The quantitative estimate of drug-likeness (QED) is 0.680. The fourth-order valence-electron chi connectivity index (χ4n) is 4.35. The Labute approximate surface area is 179 Å². The van der Waals surface area contributed by atoms with E-state index in [0.717, 1.165) is 11.3 Å². The third-order valence-electron chi connectivity index (χ3n) is 5.74. The lowest BCUT2D eigenvalue weighted by atomic mass is 9.96. The number of carbonyl (C=O) groups excluding carboxylic acids is 1. The Morgan fingerprint density at radius 3 is 2.55 bits per heavy atom. The summed E-state index contributed by atoms with van der Waals surface area (Å²) in [6.45, 7) is 7.42. The van der Waals surface area contributed by atoms with Gasteiger partial charge in [0.05, 0.1) is 28.0 Å². The smallest absolute Gasteiger partial charge is 0.220 e. The summed E-state index contributed by atoms with van der Waals surface area (Å²) in [4.78, 5) is 20.0. The van der Waals surface area contributed by atoms with Gasteiger partial charge in [-0.3, -0.25) is 4.79 Å². The van der Waals surface area contributed by atoms with E-state index in [2.05, 4.69) is 27.1 Å². The molecule has 1 aliphatic rings. The number of nitrogen functional groups attached to an aromatic ring is 1. The summed E-state index contributed by atoms with van der Waals surface area (Å²) < 4.78 is 1.60. The van der Waals surface area contributed by atoms with Gasteiger partial charge in [0.1, 0.15) is 24.0 Å². The molecule has 0 spiro atoms. The van der Waals surface area contributed by atoms with Gasteiger partial charge in [-0.05, 0) is 32.0 Å². The number of anilines is 2. The van der Waals surface area contributed by atoms with E-state index >= 15 is 0 Å². The Hall–Kier alpha value is -4.11. The summed E-state index contributed by atoms with van der Waals surface area (Å²) in [6, 6.07) is 11.7. The molecule has 4 rings (SSSR count). The highest BCUT2D eigenvalue weighted by Crippen LogP contribution is 2.33. The van der Waals surface area contributed by atoms with Crippen molar-refractivity contribution in [2.45, 2.75) is 26.3 Å². The molecule has 1 fully saturated rings. The predicted octanol–water partition coefficient (Wildman–Crippen LogP) is 2.17. The number of rotatable bonds is 2. The number of hydrogen-bond acceptors (Lipinski definition) is 7. The number of nitriles is 2. The molecule has 3 aromatic rings. The summed E-state index contributed by atoms with van der Waals surface area (Å²) in [7, 11) is 0. The summed E-state index contributed by atoms with van der Waals surface area (Å²) in [6.07, 6.45) is 1.35. The molecule has 1 aromatic carbocycles. The Morgan fingerprint density at radius 1 is 1.16 bits per heavy atom. The molecule has 1 saturated heterocycles. The number of aromatic nitrogens is 3. The first-order valence-corrected chi connectivity index (χ1v) is 9.87. The molecule has 2 aromatic heterocycles. The second-order valence-electron chi connectivity index (χ2n) is 8.21. The summed E-state index contributed by atoms with van der Waals surface area (Å²) in [5, 5.41) is 23.5. The van der Waals surface area contributed by atoms with Crippen LogP contribution >= 0.6 is 0 Å². The van der Waals surface area contributed by atoms with E-state index in [1.54, 1.807) is 23.6 Å². The average Bonchev–Trinajstić information content (AvgIpc) is 3.12. The first-order valence-electron chi connectivity index (χ1n) is 9.87. The minimum atomic E-state index is -0.371. The van der Waals surface area contributed by atoms with Crippen molar-refractivity contribution in [3.8, 4) is 23.4 Å². The molecule has 0 bridgehead atoms. The van der Waals surface area contributed by atoms with Gasteiger partial charge in [0, 0.05) is 32.1 Å².